The van der Waals surface area contributed by atoms with Gasteiger partial charge < -0.3 is 9.84 Å². The summed E-state index contributed by atoms with van der Waals surface area (Å²) in [5.74, 6) is -0.168. The maximum absolute atomic E-state index is 11.8. The summed E-state index contributed by atoms with van der Waals surface area (Å²) in [6.45, 7) is 4.00. The zero-order chi connectivity index (χ0) is 21.3. The second-order valence-electron chi connectivity index (χ2n) is 7.29. The van der Waals surface area contributed by atoms with Crippen LogP contribution in [0.2, 0.25) is 5.02 Å². The van der Waals surface area contributed by atoms with Crippen molar-refractivity contribution in [2.75, 3.05) is 0 Å². The molecule has 0 bridgehead atoms. The van der Waals surface area contributed by atoms with Gasteiger partial charge in [-0.2, -0.15) is 0 Å². The predicted molar refractivity (Wildman–Crippen MR) is 120 cm³/mol. The lowest BCUT2D eigenvalue weighted by Gasteiger charge is -2.11. The number of pyridine rings is 1. The van der Waals surface area contributed by atoms with Gasteiger partial charge in [-0.3, -0.25) is 0 Å². The molecule has 30 heavy (non-hydrogen) atoms. The molecule has 1 heterocycles. The maximum Gasteiger partial charge on any atom is 0.336 e. The quantitative estimate of drug-likeness (QED) is 0.392. The SMILES string of the molecule is CC(C)Oc1ccc(-c2ccc(-c3cc(C(=O)O)c4cc(Cl)ccc4n3)cc2)cc1. The first-order valence-electron chi connectivity index (χ1n) is 9.62. The van der Waals surface area contributed by atoms with Crippen LogP contribution in [0.3, 0.4) is 0 Å². The monoisotopic (exact) mass is 417 g/mol. The minimum Gasteiger partial charge on any atom is -0.491 e. The molecule has 150 valence electrons. The zero-order valence-corrected chi connectivity index (χ0v) is 17.4. The van der Waals surface area contributed by atoms with Crippen LogP contribution in [0.25, 0.3) is 33.3 Å². The molecule has 0 aliphatic heterocycles. The summed E-state index contributed by atoms with van der Waals surface area (Å²) in [4.78, 5) is 16.4. The lowest BCUT2D eigenvalue weighted by molar-refractivity contribution is 0.0699. The van der Waals surface area contributed by atoms with E-state index in [2.05, 4.69) is 4.98 Å². The Morgan fingerprint density at radius 3 is 2.10 bits per heavy atom. The number of rotatable bonds is 5. The van der Waals surface area contributed by atoms with Crippen molar-refractivity contribution in [1.29, 1.82) is 0 Å². The number of carboxylic acids is 1. The third-order valence-corrected chi connectivity index (χ3v) is 4.98. The fraction of sp³-hybridized carbons (Fsp3) is 0.120. The van der Waals surface area contributed by atoms with Crippen LogP contribution in [0.1, 0.15) is 24.2 Å². The molecule has 0 amide bonds. The molecule has 0 saturated carbocycles. The molecular formula is C25H20ClNO3. The number of fused-ring (bicyclic) bond motifs is 1. The van der Waals surface area contributed by atoms with Gasteiger partial charge in [0.2, 0.25) is 0 Å². The number of nitrogens with zero attached hydrogens (tertiary/aromatic N) is 1. The number of halogens is 1. The molecule has 0 aliphatic rings. The van der Waals surface area contributed by atoms with Gasteiger partial charge in [0, 0.05) is 16.0 Å². The van der Waals surface area contributed by atoms with Crippen molar-refractivity contribution in [2.24, 2.45) is 0 Å². The van der Waals surface area contributed by atoms with Gasteiger partial charge >= 0.3 is 5.97 Å². The van der Waals surface area contributed by atoms with E-state index in [-0.39, 0.29) is 11.7 Å². The van der Waals surface area contributed by atoms with Gasteiger partial charge in [0.05, 0.1) is 22.9 Å². The van der Waals surface area contributed by atoms with Crippen LogP contribution in [0.4, 0.5) is 0 Å². The minimum atomic E-state index is -1.01. The molecule has 0 aliphatic carbocycles. The predicted octanol–water partition coefficient (Wildman–Crippen LogP) is 6.71. The number of hydrogen-bond donors (Lipinski definition) is 1. The highest BCUT2D eigenvalue weighted by atomic mass is 35.5. The van der Waals surface area contributed by atoms with Gasteiger partial charge in [0.25, 0.3) is 0 Å². The second-order valence-corrected chi connectivity index (χ2v) is 7.73. The molecule has 0 radical (unpaired) electrons. The van der Waals surface area contributed by atoms with E-state index in [1.807, 2.05) is 62.4 Å². The van der Waals surface area contributed by atoms with Gasteiger partial charge in [-0.15, -0.1) is 0 Å². The molecule has 1 N–H and O–H groups in total. The van der Waals surface area contributed by atoms with Crippen molar-refractivity contribution < 1.29 is 14.6 Å². The van der Waals surface area contributed by atoms with E-state index in [1.165, 1.54) is 0 Å². The summed E-state index contributed by atoms with van der Waals surface area (Å²) >= 11 is 6.03. The Bertz CT molecular complexity index is 1220. The van der Waals surface area contributed by atoms with Gasteiger partial charge in [-0.05, 0) is 61.4 Å². The summed E-state index contributed by atoms with van der Waals surface area (Å²) in [5.41, 5.74) is 4.36. The lowest BCUT2D eigenvalue weighted by atomic mass is 10.0. The van der Waals surface area contributed by atoms with Gasteiger partial charge in [-0.25, -0.2) is 9.78 Å². The zero-order valence-electron chi connectivity index (χ0n) is 16.6. The number of benzene rings is 3. The van der Waals surface area contributed by atoms with Gasteiger partial charge in [-0.1, -0.05) is 48.0 Å². The van der Waals surface area contributed by atoms with E-state index >= 15 is 0 Å². The Hall–Kier alpha value is -3.37. The Morgan fingerprint density at radius 2 is 1.50 bits per heavy atom. The van der Waals surface area contributed by atoms with E-state index in [9.17, 15) is 9.90 Å². The number of aromatic nitrogens is 1. The van der Waals surface area contributed by atoms with Crippen molar-refractivity contribution >= 4 is 28.5 Å². The largest absolute Gasteiger partial charge is 0.491 e. The van der Waals surface area contributed by atoms with Crippen molar-refractivity contribution in [3.05, 3.63) is 83.4 Å². The van der Waals surface area contributed by atoms with Crippen LogP contribution in [0.5, 0.6) is 5.75 Å². The number of ether oxygens (including phenoxy) is 1. The molecule has 4 nitrogen and oxygen atoms in total. The summed E-state index contributed by atoms with van der Waals surface area (Å²) in [5, 5.41) is 10.6. The lowest BCUT2D eigenvalue weighted by Crippen LogP contribution is -2.05. The Balaban J connectivity index is 1.68. The van der Waals surface area contributed by atoms with Crippen LogP contribution >= 0.6 is 11.6 Å². The smallest absolute Gasteiger partial charge is 0.336 e. The average Bonchev–Trinajstić information content (AvgIpc) is 2.73. The molecule has 0 spiro atoms. The molecule has 3 aromatic carbocycles. The van der Waals surface area contributed by atoms with Crippen LogP contribution in [0.15, 0.2) is 72.8 Å². The highest BCUT2D eigenvalue weighted by Crippen LogP contribution is 2.29. The summed E-state index contributed by atoms with van der Waals surface area (Å²) in [6.07, 6.45) is 0.135. The fourth-order valence-corrected chi connectivity index (χ4v) is 3.53. The highest BCUT2D eigenvalue weighted by Gasteiger charge is 2.13. The first kappa shape index (κ1) is 19.9. The number of aromatic carboxylic acids is 1. The Labute approximate surface area is 179 Å². The molecule has 5 heteroatoms. The van der Waals surface area contributed by atoms with E-state index in [0.717, 1.165) is 22.4 Å². The van der Waals surface area contributed by atoms with Crippen molar-refractivity contribution in [3.8, 4) is 28.1 Å². The van der Waals surface area contributed by atoms with Crippen molar-refractivity contribution in [3.63, 3.8) is 0 Å². The number of carboxylic acid groups (broad SMARTS) is 1. The average molecular weight is 418 g/mol. The Kier molecular flexibility index (Phi) is 5.42. The summed E-state index contributed by atoms with van der Waals surface area (Å²) < 4.78 is 5.69. The molecule has 0 fully saturated rings. The first-order chi connectivity index (χ1) is 14.4. The normalized spacial score (nSPS) is 11.1. The molecule has 4 aromatic rings. The third kappa shape index (κ3) is 4.14. The van der Waals surface area contributed by atoms with Crippen LogP contribution in [0, 0.1) is 0 Å². The summed E-state index contributed by atoms with van der Waals surface area (Å²) in [7, 11) is 0. The van der Waals surface area contributed by atoms with Gasteiger partial charge in [0.1, 0.15) is 5.75 Å². The van der Waals surface area contributed by atoms with Gasteiger partial charge in [0.15, 0.2) is 0 Å². The Morgan fingerprint density at radius 1 is 0.900 bits per heavy atom. The fourth-order valence-electron chi connectivity index (χ4n) is 3.35. The minimum absolute atomic E-state index is 0.135. The van der Waals surface area contributed by atoms with E-state index < -0.39 is 5.97 Å². The number of hydrogen-bond acceptors (Lipinski definition) is 3. The third-order valence-electron chi connectivity index (χ3n) is 4.74. The van der Waals surface area contributed by atoms with Crippen LogP contribution in [-0.4, -0.2) is 22.2 Å². The molecule has 0 saturated heterocycles. The highest BCUT2D eigenvalue weighted by molar-refractivity contribution is 6.31. The summed E-state index contributed by atoms with van der Waals surface area (Å²) in [6, 6.07) is 22.5. The van der Waals surface area contributed by atoms with Crippen LogP contribution in [-0.2, 0) is 0 Å². The molecule has 0 atom stereocenters. The standard InChI is InChI=1S/C25H20ClNO3/c1-15(2)30-20-10-7-17(8-11-20)16-3-5-18(6-4-16)24-14-22(25(28)29)21-13-19(26)9-12-23(21)27-24/h3-15H,1-2H3,(H,28,29). The molecule has 0 unspecified atom stereocenters. The van der Waals surface area contributed by atoms with Crippen molar-refractivity contribution in [1.82, 2.24) is 4.98 Å². The number of carbonyl (C=O) groups is 1. The van der Waals surface area contributed by atoms with E-state index in [4.69, 9.17) is 16.3 Å². The molecular weight excluding hydrogens is 398 g/mol. The maximum atomic E-state index is 11.8. The van der Waals surface area contributed by atoms with E-state index in [1.54, 1.807) is 24.3 Å². The second kappa shape index (κ2) is 8.17. The molecule has 1 aromatic heterocycles. The molecule has 4 rings (SSSR count). The topological polar surface area (TPSA) is 59.4 Å². The first-order valence-corrected chi connectivity index (χ1v) is 9.99. The van der Waals surface area contributed by atoms with Crippen LogP contribution < -0.4 is 4.74 Å². The van der Waals surface area contributed by atoms with Crippen molar-refractivity contribution in [2.45, 2.75) is 20.0 Å². The van der Waals surface area contributed by atoms with E-state index in [0.29, 0.717) is 21.6 Å².